The van der Waals surface area contributed by atoms with E-state index in [1.54, 1.807) is 12.1 Å². The van der Waals surface area contributed by atoms with E-state index in [9.17, 15) is 24.3 Å². The van der Waals surface area contributed by atoms with E-state index >= 15 is 0 Å². The molecule has 3 N–H and O–H groups in total. The Bertz CT molecular complexity index is 808. The topological polar surface area (TPSA) is 136 Å². The van der Waals surface area contributed by atoms with Crippen LogP contribution in [0.15, 0.2) is 24.3 Å². The number of carbonyl (C=O) groups excluding carboxylic acids is 3. The average Bonchev–Trinajstić information content (AvgIpc) is 2.84. The molecule has 196 valence electrons. The smallest absolute Gasteiger partial charge is 0.338 e. The molecule has 9 nitrogen and oxygen atoms in total. The molecule has 0 bridgehead atoms. The van der Waals surface area contributed by atoms with Crippen molar-refractivity contribution < 1.29 is 33.8 Å². The van der Waals surface area contributed by atoms with Gasteiger partial charge in [-0.2, -0.15) is 0 Å². The Morgan fingerprint density at radius 3 is 2.06 bits per heavy atom. The molecular weight excluding hydrogens is 452 g/mol. The number of unbranched alkanes of at least 4 members (excludes halogenated alkanes) is 6. The van der Waals surface area contributed by atoms with Crippen LogP contribution >= 0.6 is 0 Å². The van der Waals surface area contributed by atoms with Crippen LogP contribution in [0.1, 0.15) is 81.1 Å². The molecule has 0 saturated heterocycles. The van der Waals surface area contributed by atoms with Gasteiger partial charge < -0.3 is 25.2 Å². The van der Waals surface area contributed by atoms with Crippen molar-refractivity contribution in [1.29, 1.82) is 0 Å². The number of likely N-dealkylation sites (N-methyl/N-ethyl adjacent to an activating group) is 1. The van der Waals surface area contributed by atoms with Crippen molar-refractivity contribution in [3.8, 4) is 0 Å². The second-order valence-corrected chi connectivity index (χ2v) is 8.69. The Hall–Kier alpha value is -2.94. The number of esters is 2. The third kappa shape index (κ3) is 11.8. The largest absolute Gasteiger partial charge is 0.480 e. The maximum Gasteiger partial charge on any atom is 0.338 e. The third-order valence-electron chi connectivity index (χ3n) is 5.75. The van der Waals surface area contributed by atoms with E-state index in [1.165, 1.54) is 19.5 Å². The van der Waals surface area contributed by atoms with Gasteiger partial charge in [0.05, 0.1) is 18.2 Å². The number of aryl methyl sites for hydroxylation is 1. The zero-order valence-electron chi connectivity index (χ0n) is 21.2. The third-order valence-corrected chi connectivity index (χ3v) is 5.75. The van der Waals surface area contributed by atoms with Crippen molar-refractivity contribution in [1.82, 2.24) is 4.90 Å². The van der Waals surface area contributed by atoms with Crippen molar-refractivity contribution in [3.63, 3.8) is 0 Å². The second-order valence-electron chi connectivity index (χ2n) is 8.69. The zero-order chi connectivity index (χ0) is 26.2. The highest BCUT2D eigenvalue weighted by molar-refractivity contribution is 5.89. The monoisotopic (exact) mass is 492 g/mol. The van der Waals surface area contributed by atoms with E-state index in [-0.39, 0.29) is 12.4 Å². The van der Waals surface area contributed by atoms with Crippen molar-refractivity contribution in [2.45, 2.75) is 83.7 Å². The number of carboxylic acids is 1. The number of carboxylic acid groups (broad SMARTS) is 1. The van der Waals surface area contributed by atoms with Gasteiger partial charge in [-0.15, -0.1) is 0 Å². The first-order chi connectivity index (χ1) is 16.7. The maximum atomic E-state index is 12.0. The van der Waals surface area contributed by atoms with Crippen molar-refractivity contribution >= 4 is 23.8 Å². The minimum absolute atomic E-state index is 0.201. The van der Waals surface area contributed by atoms with Crippen LogP contribution in [0.2, 0.25) is 0 Å². The number of benzene rings is 1. The van der Waals surface area contributed by atoms with Crippen LogP contribution in [0, 0.1) is 0 Å². The molecule has 0 aromatic heterocycles. The first-order valence-electron chi connectivity index (χ1n) is 12.3. The molecule has 0 unspecified atom stereocenters. The Kier molecular flexibility index (Phi) is 14.3. The molecule has 0 heterocycles. The van der Waals surface area contributed by atoms with Gasteiger partial charge in [0.2, 0.25) is 5.91 Å². The molecule has 0 spiro atoms. The first kappa shape index (κ1) is 30.1. The molecule has 35 heavy (non-hydrogen) atoms. The highest BCUT2D eigenvalue weighted by Crippen LogP contribution is 2.11. The van der Waals surface area contributed by atoms with Crippen LogP contribution in [-0.4, -0.2) is 66.2 Å². The summed E-state index contributed by atoms with van der Waals surface area (Å²) in [6.07, 6.45) is 7.45. The van der Waals surface area contributed by atoms with Gasteiger partial charge in [-0.3, -0.25) is 9.59 Å². The summed E-state index contributed by atoms with van der Waals surface area (Å²) < 4.78 is 10.4. The maximum absolute atomic E-state index is 12.0. The van der Waals surface area contributed by atoms with Crippen LogP contribution in [0.5, 0.6) is 0 Å². The van der Waals surface area contributed by atoms with Gasteiger partial charge in [-0.05, 0) is 43.9 Å². The fraction of sp³-hybridized carbons (Fsp3) is 0.615. The number of ether oxygens (including phenoxy) is 2. The lowest BCUT2D eigenvalue weighted by Gasteiger charge is -2.25. The number of aliphatic carboxylic acids is 1. The minimum atomic E-state index is -1.27. The van der Waals surface area contributed by atoms with Crippen LogP contribution in [0.25, 0.3) is 0 Å². The van der Waals surface area contributed by atoms with Crippen molar-refractivity contribution in [3.05, 3.63) is 35.4 Å². The zero-order valence-corrected chi connectivity index (χ0v) is 21.2. The molecule has 0 saturated carbocycles. The SMILES string of the molecule is CCc1ccc(C(=O)OCCCCCCCCCC(=O)OC[C@@H](C(=O)O)N(C)C(=O)[C@H](C)N)cc1. The lowest BCUT2D eigenvalue weighted by molar-refractivity contribution is -0.157. The predicted octanol–water partition coefficient (Wildman–Crippen LogP) is 3.33. The van der Waals surface area contributed by atoms with Gasteiger partial charge in [0.25, 0.3) is 0 Å². The molecular formula is C26H40N2O7. The number of hydrogen-bond donors (Lipinski definition) is 2. The number of rotatable bonds is 17. The fourth-order valence-corrected chi connectivity index (χ4v) is 3.45. The van der Waals surface area contributed by atoms with Crippen LogP contribution < -0.4 is 5.73 Å². The molecule has 9 heteroatoms. The number of carbonyl (C=O) groups is 4. The Morgan fingerprint density at radius 1 is 0.943 bits per heavy atom. The molecule has 0 fully saturated rings. The molecule has 0 aliphatic heterocycles. The van der Waals surface area contributed by atoms with Gasteiger partial charge in [0, 0.05) is 13.5 Å². The quantitative estimate of drug-likeness (QED) is 0.250. The summed E-state index contributed by atoms with van der Waals surface area (Å²) in [5.74, 6) is -2.56. The summed E-state index contributed by atoms with van der Waals surface area (Å²) in [7, 11) is 1.33. The lowest BCUT2D eigenvalue weighted by Crippen LogP contribution is -2.50. The van der Waals surface area contributed by atoms with E-state index in [1.807, 2.05) is 12.1 Å². The van der Waals surface area contributed by atoms with Gasteiger partial charge in [-0.1, -0.05) is 51.2 Å². The van der Waals surface area contributed by atoms with Crippen molar-refractivity contribution in [2.24, 2.45) is 5.73 Å². The van der Waals surface area contributed by atoms with Gasteiger partial charge in [0.1, 0.15) is 6.61 Å². The van der Waals surface area contributed by atoms with E-state index < -0.39 is 36.5 Å². The summed E-state index contributed by atoms with van der Waals surface area (Å²) in [5, 5.41) is 9.28. The highest BCUT2D eigenvalue weighted by atomic mass is 16.5. The summed E-state index contributed by atoms with van der Waals surface area (Å²) in [6.45, 7) is 3.53. The number of hydrogen-bond acceptors (Lipinski definition) is 7. The van der Waals surface area contributed by atoms with Crippen molar-refractivity contribution in [2.75, 3.05) is 20.3 Å². The van der Waals surface area contributed by atoms with E-state index in [2.05, 4.69) is 6.92 Å². The molecule has 1 aromatic rings. The normalized spacial score (nSPS) is 12.5. The highest BCUT2D eigenvalue weighted by Gasteiger charge is 2.29. The van der Waals surface area contributed by atoms with Crippen LogP contribution in [0.3, 0.4) is 0 Å². The van der Waals surface area contributed by atoms with Gasteiger partial charge in [0.15, 0.2) is 6.04 Å². The standard InChI is InChI=1S/C26H40N2O7/c1-4-20-13-15-21(16-14-20)26(33)34-17-11-9-7-5-6-8-10-12-23(29)35-18-22(25(31)32)28(3)24(30)19(2)27/h13-16,19,22H,4-12,17-18,27H2,1-3H3,(H,31,32)/t19-,22-/m0/s1. The summed E-state index contributed by atoms with van der Waals surface area (Å²) in [6, 6.07) is 5.36. The Balaban J connectivity index is 2.08. The molecule has 0 radical (unpaired) electrons. The number of nitrogens with zero attached hydrogens (tertiary/aromatic N) is 1. The van der Waals surface area contributed by atoms with Crippen LogP contribution in [0.4, 0.5) is 0 Å². The summed E-state index contributed by atoms with van der Waals surface area (Å²) in [5.41, 5.74) is 7.26. The molecule has 0 aliphatic rings. The molecule has 1 rings (SSSR count). The van der Waals surface area contributed by atoms with Crippen LogP contribution in [-0.2, 0) is 30.3 Å². The first-order valence-corrected chi connectivity index (χ1v) is 12.3. The Morgan fingerprint density at radius 2 is 1.51 bits per heavy atom. The molecule has 1 aromatic carbocycles. The number of amides is 1. The minimum Gasteiger partial charge on any atom is -0.480 e. The average molecular weight is 493 g/mol. The number of nitrogens with two attached hydrogens (primary N) is 1. The summed E-state index contributed by atoms with van der Waals surface area (Å²) in [4.78, 5) is 48.2. The van der Waals surface area contributed by atoms with Gasteiger partial charge in [-0.25, -0.2) is 9.59 Å². The molecule has 2 atom stereocenters. The van der Waals surface area contributed by atoms with E-state index in [4.69, 9.17) is 15.2 Å². The second kappa shape index (κ2) is 16.6. The van der Waals surface area contributed by atoms with E-state index in [0.717, 1.165) is 49.8 Å². The van der Waals surface area contributed by atoms with Gasteiger partial charge >= 0.3 is 17.9 Å². The fourth-order valence-electron chi connectivity index (χ4n) is 3.45. The summed E-state index contributed by atoms with van der Waals surface area (Å²) >= 11 is 0. The molecule has 0 aliphatic carbocycles. The predicted molar refractivity (Wildman–Crippen MR) is 132 cm³/mol. The Labute approximate surface area is 207 Å². The van der Waals surface area contributed by atoms with E-state index in [0.29, 0.717) is 18.6 Å². The lowest BCUT2D eigenvalue weighted by atomic mass is 10.1. The molecule has 1 amide bonds.